The molecule has 1 fully saturated rings. The summed E-state index contributed by atoms with van der Waals surface area (Å²) >= 11 is 0. The summed E-state index contributed by atoms with van der Waals surface area (Å²) in [6.07, 6.45) is 3.45. The third kappa shape index (κ3) is 5.82. The monoisotopic (exact) mass is 448 g/mol. The highest BCUT2D eigenvalue weighted by molar-refractivity contribution is 5.79. The Labute approximate surface area is 193 Å². The predicted molar refractivity (Wildman–Crippen MR) is 126 cm³/mol. The number of carbonyl (C=O) groups is 1. The Balaban J connectivity index is 1.65. The van der Waals surface area contributed by atoms with Crippen molar-refractivity contribution in [2.24, 2.45) is 11.7 Å². The molecule has 9 nitrogen and oxygen atoms in total. The normalized spacial score (nSPS) is 14.7. The second kappa shape index (κ2) is 10.4. The first kappa shape index (κ1) is 22.6. The minimum atomic E-state index is -0.684. The molecular weight excluding hydrogens is 420 g/mol. The first-order chi connectivity index (χ1) is 16.0. The van der Waals surface area contributed by atoms with E-state index in [4.69, 9.17) is 25.2 Å². The summed E-state index contributed by atoms with van der Waals surface area (Å²) in [6.45, 7) is 6.43. The van der Waals surface area contributed by atoms with Crippen molar-refractivity contribution < 1.29 is 14.3 Å². The van der Waals surface area contributed by atoms with Crippen molar-refractivity contribution in [2.45, 2.75) is 19.9 Å². The summed E-state index contributed by atoms with van der Waals surface area (Å²) < 4.78 is 11.0. The predicted octanol–water partition coefficient (Wildman–Crippen LogP) is 3.01. The van der Waals surface area contributed by atoms with Gasteiger partial charge in [0.1, 0.15) is 17.6 Å². The molecule has 1 aliphatic heterocycles. The van der Waals surface area contributed by atoms with Crippen LogP contribution in [-0.4, -0.2) is 53.3 Å². The molecule has 0 spiro atoms. The summed E-state index contributed by atoms with van der Waals surface area (Å²) in [4.78, 5) is 28.1. The Hall–Kier alpha value is -3.56. The van der Waals surface area contributed by atoms with Crippen LogP contribution in [0.15, 0.2) is 54.9 Å². The molecule has 172 valence electrons. The minimum absolute atomic E-state index is 0.0141. The van der Waals surface area contributed by atoms with Crippen LogP contribution in [0.4, 0.5) is 17.5 Å². The van der Waals surface area contributed by atoms with Gasteiger partial charge in [0.15, 0.2) is 0 Å². The second-order valence-electron chi connectivity index (χ2n) is 8.12. The third-order valence-electron chi connectivity index (χ3n) is 5.28. The van der Waals surface area contributed by atoms with E-state index in [1.807, 2.05) is 44.2 Å². The van der Waals surface area contributed by atoms with E-state index in [9.17, 15) is 4.79 Å². The molecule has 1 aliphatic rings. The Bertz CT molecular complexity index is 1090. The first-order valence-electron chi connectivity index (χ1n) is 11.0. The average molecular weight is 449 g/mol. The maximum atomic E-state index is 12.3. The van der Waals surface area contributed by atoms with E-state index in [-0.39, 0.29) is 5.92 Å². The highest BCUT2D eigenvalue weighted by Gasteiger charge is 2.20. The van der Waals surface area contributed by atoms with Crippen LogP contribution in [0.2, 0.25) is 0 Å². The molecule has 0 saturated carbocycles. The minimum Gasteiger partial charge on any atom is -0.425 e. The number of nitrogens with one attached hydrogen (secondary N) is 1. The molecule has 0 bridgehead atoms. The molecular formula is C24H28N6O3. The molecule has 0 amide bonds. The molecule has 1 atom stereocenters. The quantitative estimate of drug-likeness (QED) is 0.416. The number of aromatic nitrogens is 3. The SMILES string of the molecule is CC(C)C(N)C(=O)Oc1cccc(-c2cc(Nc3cccnc3)nc(N3CCOCC3)n2)c1. The van der Waals surface area contributed by atoms with Gasteiger partial charge in [-0.1, -0.05) is 26.0 Å². The number of ether oxygens (including phenoxy) is 2. The fourth-order valence-corrected chi connectivity index (χ4v) is 3.31. The van der Waals surface area contributed by atoms with E-state index in [0.717, 1.165) is 11.3 Å². The van der Waals surface area contributed by atoms with Crippen molar-refractivity contribution in [3.8, 4) is 17.0 Å². The van der Waals surface area contributed by atoms with Gasteiger partial charge in [0.05, 0.1) is 30.8 Å². The van der Waals surface area contributed by atoms with Gasteiger partial charge in [-0.25, -0.2) is 9.78 Å². The van der Waals surface area contributed by atoms with Gasteiger partial charge in [-0.05, 0) is 30.2 Å². The molecule has 1 saturated heterocycles. The number of carbonyl (C=O) groups excluding carboxylic acids is 1. The molecule has 0 aliphatic carbocycles. The van der Waals surface area contributed by atoms with Gasteiger partial charge in [-0.2, -0.15) is 4.98 Å². The fourth-order valence-electron chi connectivity index (χ4n) is 3.31. The van der Waals surface area contributed by atoms with Crippen LogP contribution in [0, 0.1) is 5.92 Å². The zero-order chi connectivity index (χ0) is 23.2. The molecule has 3 N–H and O–H groups in total. The third-order valence-corrected chi connectivity index (χ3v) is 5.28. The number of hydrogen-bond donors (Lipinski definition) is 2. The fraction of sp³-hybridized carbons (Fsp3) is 0.333. The van der Waals surface area contributed by atoms with Crippen LogP contribution in [0.5, 0.6) is 5.75 Å². The first-order valence-corrected chi connectivity index (χ1v) is 11.0. The van der Waals surface area contributed by atoms with E-state index >= 15 is 0 Å². The second-order valence-corrected chi connectivity index (χ2v) is 8.12. The summed E-state index contributed by atoms with van der Waals surface area (Å²) in [6, 6.07) is 12.2. The zero-order valence-electron chi connectivity index (χ0n) is 18.8. The molecule has 3 aromatic rings. The van der Waals surface area contributed by atoms with Crippen LogP contribution in [0.3, 0.4) is 0 Å². The van der Waals surface area contributed by atoms with Crippen molar-refractivity contribution in [1.82, 2.24) is 15.0 Å². The van der Waals surface area contributed by atoms with Gasteiger partial charge in [0, 0.05) is 30.9 Å². The van der Waals surface area contributed by atoms with Gasteiger partial charge in [-0.3, -0.25) is 4.98 Å². The highest BCUT2D eigenvalue weighted by atomic mass is 16.5. The van der Waals surface area contributed by atoms with Crippen LogP contribution in [0.1, 0.15) is 13.8 Å². The van der Waals surface area contributed by atoms with Crippen molar-refractivity contribution in [2.75, 3.05) is 36.5 Å². The molecule has 3 heterocycles. The lowest BCUT2D eigenvalue weighted by atomic mass is 10.1. The summed E-state index contributed by atoms with van der Waals surface area (Å²) in [5.74, 6) is 1.18. The standard InChI is InChI=1S/C24H28N6O3/c1-16(2)22(25)23(31)33-19-7-3-5-17(13-19)20-14-21(27-18-6-4-8-26-15-18)29-24(28-20)30-9-11-32-12-10-30/h3-8,13-16,22H,9-12,25H2,1-2H3,(H,27,28,29). The lowest BCUT2D eigenvalue weighted by molar-refractivity contribution is -0.136. The number of esters is 1. The lowest BCUT2D eigenvalue weighted by Crippen LogP contribution is -2.38. The van der Waals surface area contributed by atoms with Crippen LogP contribution in [0.25, 0.3) is 11.3 Å². The molecule has 4 rings (SSSR count). The number of morpholine rings is 1. The summed E-state index contributed by atoms with van der Waals surface area (Å²) in [5.41, 5.74) is 8.24. The van der Waals surface area contributed by atoms with Gasteiger partial charge < -0.3 is 25.4 Å². The van der Waals surface area contributed by atoms with Gasteiger partial charge in [0.25, 0.3) is 0 Å². The molecule has 2 aromatic heterocycles. The van der Waals surface area contributed by atoms with Crippen molar-refractivity contribution >= 4 is 23.4 Å². The van der Waals surface area contributed by atoms with Crippen molar-refractivity contribution in [1.29, 1.82) is 0 Å². The average Bonchev–Trinajstić information content (AvgIpc) is 2.84. The van der Waals surface area contributed by atoms with E-state index < -0.39 is 12.0 Å². The van der Waals surface area contributed by atoms with Gasteiger partial charge >= 0.3 is 5.97 Å². The number of pyridine rings is 1. The maximum absolute atomic E-state index is 12.3. The number of nitrogens with zero attached hydrogens (tertiary/aromatic N) is 4. The largest absolute Gasteiger partial charge is 0.425 e. The summed E-state index contributed by atoms with van der Waals surface area (Å²) in [7, 11) is 0. The lowest BCUT2D eigenvalue weighted by Gasteiger charge is -2.27. The maximum Gasteiger partial charge on any atom is 0.328 e. The Kier molecular flexibility index (Phi) is 7.11. The topological polar surface area (TPSA) is 115 Å². The van der Waals surface area contributed by atoms with E-state index in [1.54, 1.807) is 24.5 Å². The summed E-state index contributed by atoms with van der Waals surface area (Å²) in [5, 5.41) is 3.29. The number of anilines is 3. The molecule has 1 unspecified atom stereocenters. The molecule has 0 radical (unpaired) electrons. The smallest absolute Gasteiger partial charge is 0.328 e. The van der Waals surface area contributed by atoms with Crippen LogP contribution < -0.4 is 20.7 Å². The Morgan fingerprint density at radius 2 is 1.97 bits per heavy atom. The zero-order valence-corrected chi connectivity index (χ0v) is 18.8. The van der Waals surface area contributed by atoms with E-state index in [0.29, 0.717) is 49.5 Å². The Morgan fingerprint density at radius 3 is 2.70 bits per heavy atom. The van der Waals surface area contributed by atoms with Crippen molar-refractivity contribution in [3.05, 3.63) is 54.9 Å². The molecule has 9 heteroatoms. The number of rotatable bonds is 7. The highest BCUT2D eigenvalue weighted by Crippen LogP contribution is 2.28. The van der Waals surface area contributed by atoms with E-state index in [2.05, 4.69) is 15.2 Å². The van der Waals surface area contributed by atoms with Gasteiger partial charge in [-0.15, -0.1) is 0 Å². The van der Waals surface area contributed by atoms with Crippen LogP contribution in [-0.2, 0) is 9.53 Å². The van der Waals surface area contributed by atoms with Gasteiger partial charge in [0.2, 0.25) is 5.95 Å². The number of nitrogens with two attached hydrogens (primary N) is 1. The molecule has 33 heavy (non-hydrogen) atoms. The Morgan fingerprint density at radius 1 is 1.15 bits per heavy atom. The van der Waals surface area contributed by atoms with E-state index in [1.165, 1.54) is 0 Å². The molecule has 1 aromatic carbocycles. The number of hydrogen-bond acceptors (Lipinski definition) is 9. The van der Waals surface area contributed by atoms with Crippen LogP contribution >= 0.6 is 0 Å². The van der Waals surface area contributed by atoms with Crippen molar-refractivity contribution in [3.63, 3.8) is 0 Å². The number of benzene rings is 1.